The highest BCUT2D eigenvalue weighted by molar-refractivity contribution is 7.99. The lowest BCUT2D eigenvalue weighted by molar-refractivity contribution is -0.139. The van der Waals surface area contributed by atoms with Crippen LogP contribution >= 0.6 is 35.0 Å². The highest BCUT2D eigenvalue weighted by atomic mass is 35.5. The van der Waals surface area contributed by atoms with E-state index in [9.17, 15) is 9.59 Å². The highest BCUT2D eigenvalue weighted by Crippen LogP contribution is 2.25. The standard InChI is InChI=1S/C29H32Cl2N2O2S/c1-3-15-32-29(35)27(16-22-7-5-4-6-8-22)33(18-23-11-9-21(2)10-12-23)28(34)20-36-19-24-13-14-25(30)17-26(24)31/h4-14,17,27H,3,15-16,18-20H2,1-2H3,(H,32,35)/t27-/m0/s1. The Kier molecular flexibility index (Phi) is 11.2. The molecular weight excluding hydrogens is 511 g/mol. The van der Waals surface area contributed by atoms with Crippen LogP contribution in [0.25, 0.3) is 0 Å². The zero-order chi connectivity index (χ0) is 25.9. The molecule has 4 nitrogen and oxygen atoms in total. The third-order valence-corrected chi connectivity index (χ3v) is 7.35. The van der Waals surface area contributed by atoms with Crippen molar-refractivity contribution in [3.8, 4) is 0 Å². The lowest BCUT2D eigenvalue weighted by Gasteiger charge is -2.31. The second-order valence-corrected chi connectivity index (χ2v) is 10.6. The summed E-state index contributed by atoms with van der Waals surface area (Å²) in [6.07, 6.45) is 1.27. The van der Waals surface area contributed by atoms with Crippen molar-refractivity contribution >= 4 is 46.8 Å². The van der Waals surface area contributed by atoms with E-state index >= 15 is 0 Å². The first-order valence-corrected chi connectivity index (χ1v) is 14.0. The van der Waals surface area contributed by atoms with Gasteiger partial charge >= 0.3 is 0 Å². The van der Waals surface area contributed by atoms with Gasteiger partial charge in [0.05, 0.1) is 5.75 Å². The molecule has 0 bridgehead atoms. The number of halogens is 2. The van der Waals surface area contributed by atoms with Gasteiger partial charge in [-0.3, -0.25) is 9.59 Å². The number of nitrogens with one attached hydrogen (secondary N) is 1. The summed E-state index contributed by atoms with van der Waals surface area (Å²) in [5, 5.41) is 4.17. The van der Waals surface area contributed by atoms with E-state index in [0.717, 1.165) is 28.7 Å². The van der Waals surface area contributed by atoms with Crippen LogP contribution in [-0.2, 0) is 28.3 Å². The van der Waals surface area contributed by atoms with E-state index in [-0.39, 0.29) is 17.6 Å². The van der Waals surface area contributed by atoms with Crippen LogP contribution in [0.1, 0.15) is 35.6 Å². The number of hydrogen-bond donors (Lipinski definition) is 1. The molecule has 0 aliphatic rings. The molecule has 0 heterocycles. The Morgan fingerprint density at radius 3 is 2.36 bits per heavy atom. The average Bonchev–Trinajstić information content (AvgIpc) is 2.87. The highest BCUT2D eigenvalue weighted by Gasteiger charge is 2.30. The lowest BCUT2D eigenvalue weighted by Crippen LogP contribution is -2.51. The molecule has 1 atom stereocenters. The smallest absolute Gasteiger partial charge is 0.243 e. The number of nitrogens with zero attached hydrogens (tertiary/aromatic N) is 1. The molecule has 0 aromatic heterocycles. The summed E-state index contributed by atoms with van der Waals surface area (Å²) in [5.41, 5.74) is 4.07. The van der Waals surface area contributed by atoms with Crippen molar-refractivity contribution in [3.05, 3.63) is 105 Å². The van der Waals surface area contributed by atoms with Crippen LogP contribution < -0.4 is 5.32 Å². The number of amides is 2. The fourth-order valence-corrected chi connectivity index (χ4v) is 5.25. The van der Waals surface area contributed by atoms with Gasteiger partial charge in [0.1, 0.15) is 6.04 Å². The van der Waals surface area contributed by atoms with Crippen LogP contribution in [0.15, 0.2) is 72.8 Å². The van der Waals surface area contributed by atoms with E-state index in [1.165, 1.54) is 11.8 Å². The normalized spacial score (nSPS) is 11.7. The van der Waals surface area contributed by atoms with Gasteiger partial charge < -0.3 is 10.2 Å². The van der Waals surface area contributed by atoms with E-state index in [1.54, 1.807) is 17.0 Å². The van der Waals surface area contributed by atoms with Crippen LogP contribution in [0.5, 0.6) is 0 Å². The van der Waals surface area contributed by atoms with E-state index < -0.39 is 6.04 Å². The average molecular weight is 544 g/mol. The van der Waals surface area contributed by atoms with Gasteiger partial charge in [0.2, 0.25) is 11.8 Å². The summed E-state index contributed by atoms with van der Waals surface area (Å²) in [7, 11) is 0. The molecule has 7 heteroatoms. The zero-order valence-electron chi connectivity index (χ0n) is 20.7. The second kappa shape index (κ2) is 14.3. The van der Waals surface area contributed by atoms with Crippen molar-refractivity contribution in [2.75, 3.05) is 12.3 Å². The minimum Gasteiger partial charge on any atom is -0.354 e. The molecule has 0 aliphatic carbocycles. The summed E-state index contributed by atoms with van der Waals surface area (Å²) in [4.78, 5) is 28.7. The molecule has 3 aromatic rings. The summed E-state index contributed by atoms with van der Waals surface area (Å²) >= 11 is 13.8. The molecule has 36 heavy (non-hydrogen) atoms. The third kappa shape index (κ3) is 8.58. The molecule has 1 N–H and O–H groups in total. The topological polar surface area (TPSA) is 49.4 Å². The summed E-state index contributed by atoms with van der Waals surface area (Å²) in [6.45, 7) is 4.97. The summed E-state index contributed by atoms with van der Waals surface area (Å²) in [6, 6.07) is 22.7. The first-order valence-electron chi connectivity index (χ1n) is 12.1. The monoisotopic (exact) mass is 542 g/mol. The van der Waals surface area contributed by atoms with Crippen LogP contribution in [0, 0.1) is 6.92 Å². The van der Waals surface area contributed by atoms with Gasteiger partial charge in [-0.2, -0.15) is 0 Å². The van der Waals surface area contributed by atoms with Crippen LogP contribution in [0.4, 0.5) is 0 Å². The molecule has 0 spiro atoms. The number of benzene rings is 3. The molecule has 2 amide bonds. The third-order valence-electron chi connectivity index (χ3n) is 5.79. The number of carbonyl (C=O) groups excluding carboxylic acids is 2. The Morgan fingerprint density at radius 2 is 1.69 bits per heavy atom. The fourth-order valence-electron chi connectivity index (χ4n) is 3.78. The molecule has 3 rings (SSSR count). The SMILES string of the molecule is CCCNC(=O)[C@H](Cc1ccccc1)N(Cc1ccc(C)cc1)C(=O)CSCc1ccc(Cl)cc1Cl. The number of rotatable bonds is 12. The molecular formula is C29H32Cl2N2O2S. The molecule has 3 aromatic carbocycles. The Balaban J connectivity index is 1.83. The van der Waals surface area contributed by atoms with Crippen molar-refractivity contribution in [3.63, 3.8) is 0 Å². The van der Waals surface area contributed by atoms with Crippen LogP contribution in [-0.4, -0.2) is 35.1 Å². The van der Waals surface area contributed by atoms with E-state index in [4.69, 9.17) is 23.2 Å². The maximum Gasteiger partial charge on any atom is 0.243 e. The minimum absolute atomic E-state index is 0.0850. The van der Waals surface area contributed by atoms with Gasteiger partial charge in [-0.25, -0.2) is 0 Å². The van der Waals surface area contributed by atoms with Crippen molar-refractivity contribution in [2.45, 2.75) is 45.0 Å². The van der Waals surface area contributed by atoms with Crippen molar-refractivity contribution in [1.82, 2.24) is 10.2 Å². The first kappa shape index (κ1) is 28.1. The second-order valence-electron chi connectivity index (χ2n) is 8.73. The maximum atomic E-state index is 13.6. The number of hydrogen-bond acceptors (Lipinski definition) is 3. The molecule has 0 saturated heterocycles. The predicted molar refractivity (Wildman–Crippen MR) is 152 cm³/mol. The van der Waals surface area contributed by atoms with E-state index in [1.807, 2.05) is 74.5 Å². The summed E-state index contributed by atoms with van der Waals surface area (Å²) in [5.74, 6) is 0.591. The molecule has 0 saturated carbocycles. The van der Waals surface area contributed by atoms with Gasteiger partial charge in [-0.15, -0.1) is 11.8 Å². The Morgan fingerprint density at radius 1 is 0.972 bits per heavy atom. The first-order chi connectivity index (χ1) is 17.4. The Hall–Kier alpha value is -2.47. The zero-order valence-corrected chi connectivity index (χ0v) is 23.0. The number of aryl methyl sites for hydroxylation is 1. The van der Waals surface area contributed by atoms with Crippen LogP contribution in [0.2, 0.25) is 10.0 Å². The predicted octanol–water partition coefficient (Wildman–Crippen LogP) is 6.70. The van der Waals surface area contributed by atoms with Crippen molar-refractivity contribution in [2.24, 2.45) is 0 Å². The van der Waals surface area contributed by atoms with Gasteiger partial charge in [-0.05, 0) is 42.2 Å². The largest absolute Gasteiger partial charge is 0.354 e. The van der Waals surface area contributed by atoms with Crippen molar-refractivity contribution in [1.29, 1.82) is 0 Å². The van der Waals surface area contributed by atoms with Gasteiger partial charge in [-0.1, -0.05) is 96.4 Å². The van der Waals surface area contributed by atoms with Gasteiger partial charge in [0.25, 0.3) is 0 Å². The molecule has 190 valence electrons. The molecule has 0 unspecified atom stereocenters. The lowest BCUT2D eigenvalue weighted by atomic mass is 10.0. The minimum atomic E-state index is -0.618. The summed E-state index contributed by atoms with van der Waals surface area (Å²) < 4.78 is 0. The van der Waals surface area contributed by atoms with Crippen LogP contribution in [0.3, 0.4) is 0 Å². The number of thioether (sulfide) groups is 1. The molecule has 0 fully saturated rings. The number of carbonyl (C=O) groups is 2. The quantitative estimate of drug-likeness (QED) is 0.277. The maximum absolute atomic E-state index is 13.6. The molecule has 0 aliphatic heterocycles. The molecule has 0 radical (unpaired) electrons. The fraction of sp³-hybridized carbons (Fsp3) is 0.310. The van der Waals surface area contributed by atoms with Gasteiger partial charge in [0.15, 0.2) is 0 Å². The van der Waals surface area contributed by atoms with Crippen molar-refractivity contribution < 1.29 is 9.59 Å². The van der Waals surface area contributed by atoms with Gasteiger partial charge in [0, 0.05) is 35.3 Å². The Bertz CT molecular complexity index is 1140. The van der Waals surface area contributed by atoms with E-state index in [0.29, 0.717) is 35.3 Å². The van der Waals surface area contributed by atoms with E-state index in [2.05, 4.69) is 5.32 Å². The Labute approximate surface area is 228 Å².